The summed E-state index contributed by atoms with van der Waals surface area (Å²) in [4.78, 5) is 27.6. The molecule has 240 valence electrons. The van der Waals surface area contributed by atoms with Crippen molar-refractivity contribution in [3.8, 4) is 5.75 Å². The highest BCUT2D eigenvalue weighted by Gasteiger charge is 2.65. The molecule has 3 fully saturated rings. The van der Waals surface area contributed by atoms with Crippen LogP contribution in [0.2, 0.25) is 0 Å². The first-order valence-electron chi connectivity index (χ1n) is 15.7. The lowest BCUT2D eigenvalue weighted by Crippen LogP contribution is -2.37. The minimum atomic E-state index is -3.40. The summed E-state index contributed by atoms with van der Waals surface area (Å²) in [5, 5.41) is -0.348. The Balaban J connectivity index is 0.000000209. The lowest BCUT2D eigenvalue weighted by Gasteiger charge is -2.24. The highest BCUT2D eigenvalue weighted by atomic mass is 32.2. The summed E-state index contributed by atoms with van der Waals surface area (Å²) in [6.45, 7) is 11.6. The van der Waals surface area contributed by atoms with Gasteiger partial charge < -0.3 is 9.47 Å². The molecular weight excluding hydrogens is 609 g/mol. The van der Waals surface area contributed by atoms with Gasteiger partial charge in [-0.3, -0.25) is 13.8 Å². The predicted molar refractivity (Wildman–Crippen MR) is 175 cm³/mol. The molecule has 7 nitrogen and oxygen atoms in total. The van der Waals surface area contributed by atoms with Gasteiger partial charge in [-0.2, -0.15) is 8.42 Å². The molecule has 3 aromatic rings. The van der Waals surface area contributed by atoms with Gasteiger partial charge in [0.2, 0.25) is 0 Å². The first kappa shape index (κ1) is 33.2. The van der Waals surface area contributed by atoms with Gasteiger partial charge in [-0.25, -0.2) is 0 Å². The second-order valence-corrected chi connectivity index (χ2v) is 16.6. The van der Waals surface area contributed by atoms with Crippen LogP contribution in [0.3, 0.4) is 0 Å². The average Bonchev–Trinajstić information content (AvgIpc) is 3.65. The second kappa shape index (κ2) is 13.3. The fourth-order valence-electron chi connectivity index (χ4n) is 6.37. The molecule has 0 radical (unpaired) electrons. The van der Waals surface area contributed by atoms with E-state index in [1.54, 1.807) is 6.92 Å². The Hall–Kier alpha value is -3.14. The van der Waals surface area contributed by atoms with Crippen molar-refractivity contribution in [2.45, 2.75) is 99.4 Å². The standard InChI is InChI=1S/C26H29O2S.C10H14O5S/c1-6-26(4,5)25(27)28-24-19(2)17-23(18-20(24)3)29(21-13-9-7-10-14-21)22-15-11-8-12-16-22;1-2-8(11)14-9-5-3-6-7(4-5)16(12,13)15-10(6)9/h7-18H,6H2,1-5H3;5-7,9-10H,2-4H2,1H3/q+1;. The molecule has 5 atom stereocenters. The van der Waals surface area contributed by atoms with Crippen molar-refractivity contribution in [1.29, 1.82) is 0 Å². The lowest BCUT2D eigenvalue weighted by molar-refractivity contribution is -0.155. The van der Waals surface area contributed by atoms with Gasteiger partial charge in [0.25, 0.3) is 10.1 Å². The number of esters is 2. The minimum Gasteiger partial charge on any atom is -0.459 e. The largest absolute Gasteiger partial charge is 0.459 e. The zero-order valence-corrected chi connectivity index (χ0v) is 28.5. The van der Waals surface area contributed by atoms with E-state index < -0.39 is 21.6 Å². The van der Waals surface area contributed by atoms with Crippen molar-refractivity contribution in [2.75, 3.05) is 0 Å². The summed E-state index contributed by atoms with van der Waals surface area (Å²) < 4.78 is 39.4. The maximum absolute atomic E-state index is 12.6. The molecule has 3 aliphatic rings. The molecule has 3 aromatic carbocycles. The zero-order chi connectivity index (χ0) is 32.5. The topological polar surface area (TPSA) is 96.0 Å². The Morgan fingerprint density at radius 1 is 0.889 bits per heavy atom. The van der Waals surface area contributed by atoms with Gasteiger partial charge in [-0.05, 0) is 82.3 Å². The monoisotopic (exact) mass is 651 g/mol. The Bertz CT molecular complexity index is 1570. The average molecular weight is 652 g/mol. The molecule has 0 spiro atoms. The van der Waals surface area contributed by atoms with Crippen molar-refractivity contribution < 1.29 is 31.7 Å². The summed E-state index contributed by atoms with van der Waals surface area (Å²) in [6, 6.07) is 25.5. The van der Waals surface area contributed by atoms with Crippen LogP contribution in [-0.2, 0) is 39.5 Å². The van der Waals surface area contributed by atoms with E-state index in [0.717, 1.165) is 24.0 Å². The van der Waals surface area contributed by atoms with Crippen molar-refractivity contribution in [2.24, 2.45) is 17.3 Å². The van der Waals surface area contributed by atoms with E-state index >= 15 is 0 Å². The molecule has 0 aromatic heterocycles. The van der Waals surface area contributed by atoms with E-state index in [4.69, 9.17) is 13.7 Å². The summed E-state index contributed by atoms with van der Waals surface area (Å²) in [5.41, 5.74) is 1.49. The maximum Gasteiger partial charge on any atom is 0.316 e. The van der Waals surface area contributed by atoms with Crippen LogP contribution in [0.15, 0.2) is 87.5 Å². The molecule has 0 N–H and O–H groups in total. The third-order valence-corrected chi connectivity index (χ3v) is 13.2. The molecular formula is C36H43O7S2+. The molecule has 1 aliphatic heterocycles. The Morgan fingerprint density at radius 3 is 1.96 bits per heavy atom. The van der Waals surface area contributed by atoms with E-state index in [1.165, 1.54) is 14.7 Å². The Labute approximate surface area is 270 Å². The van der Waals surface area contributed by atoms with Gasteiger partial charge in [0, 0.05) is 30.4 Å². The molecule has 6 rings (SSSR count). The van der Waals surface area contributed by atoms with Crippen molar-refractivity contribution in [3.05, 3.63) is 83.9 Å². The molecule has 2 bridgehead atoms. The normalized spacial score (nSPS) is 24.2. The van der Waals surface area contributed by atoms with Crippen LogP contribution in [0.25, 0.3) is 0 Å². The number of benzene rings is 3. The quantitative estimate of drug-likeness (QED) is 0.110. The van der Waals surface area contributed by atoms with Crippen molar-refractivity contribution >= 4 is 33.0 Å². The van der Waals surface area contributed by atoms with Gasteiger partial charge in [-0.1, -0.05) is 50.2 Å². The molecule has 5 unspecified atom stereocenters. The number of carbonyl (C=O) groups is 2. The fraction of sp³-hybridized carbons (Fsp3) is 0.444. The summed E-state index contributed by atoms with van der Waals surface area (Å²) in [7, 11) is -3.61. The van der Waals surface area contributed by atoms with Crippen LogP contribution in [0.1, 0.15) is 64.5 Å². The van der Waals surface area contributed by atoms with Gasteiger partial charge in [0.1, 0.15) is 18.0 Å². The number of ether oxygens (including phenoxy) is 2. The molecule has 1 heterocycles. The van der Waals surface area contributed by atoms with E-state index in [0.29, 0.717) is 18.6 Å². The molecule has 2 saturated carbocycles. The number of hydrogen-bond donors (Lipinski definition) is 0. The van der Waals surface area contributed by atoms with Gasteiger partial charge in [-0.15, -0.1) is 0 Å². The van der Waals surface area contributed by atoms with Crippen LogP contribution < -0.4 is 4.74 Å². The number of carbonyl (C=O) groups excluding carboxylic acids is 2. The third-order valence-electron chi connectivity index (χ3n) is 9.23. The van der Waals surface area contributed by atoms with E-state index in [-0.39, 0.29) is 46.0 Å². The second-order valence-electron chi connectivity index (χ2n) is 12.7. The Kier molecular flexibility index (Phi) is 9.82. The van der Waals surface area contributed by atoms with Crippen LogP contribution in [-0.4, -0.2) is 37.8 Å². The summed E-state index contributed by atoms with van der Waals surface area (Å²) >= 11 is 0. The fourth-order valence-corrected chi connectivity index (χ4v) is 10.5. The smallest absolute Gasteiger partial charge is 0.316 e. The number of rotatable bonds is 8. The number of hydrogen-bond acceptors (Lipinski definition) is 7. The van der Waals surface area contributed by atoms with E-state index in [1.807, 2.05) is 46.8 Å². The van der Waals surface area contributed by atoms with Gasteiger partial charge in [0.15, 0.2) is 14.7 Å². The van der Waals surface area contributed by atoms with E-state index in [2.05, 4.69) is 60.7 Å². The third kappa shape index (κ3) is 6.86. The molecule has 1 saturated heterocycles. The SMILES string of the molecule is CCC(=O)OC1C2CC3C1OS(=O)(=O)C3C2.CCC(C)(C)C(=O)Oc1c(C)cc([S+](c2ccccc2)c2ccccc2)cc1C. The predicted octanol–water partition coefficient (Wildman–Crippen LogP) is 7.19. The lowest BCUT2D eigenvalue weighted by atomic mass is 9.90. The van der Waals surface area contributed by atoms with Crippen LogP contribution >= 0.6 is 0 Å². The Morgan fingerprint density at radius 2 is 1.44 bits per heavy atom. The minimum absolute atomic E-state index is 0.0460. The molecule has 9 heteroatoms. The molecule has 45 heavy (non-hydrogen) atoms. The van der Waals surface area contributed by atoms with Crippen molar-refractivity contribution in [1.82, 2.24) is 0 Å². The van der Waals surface area contributed by atoms with Crippen LogP contribution in [0, 0.1) is 31.1 Å². The van der Waals surface area contributed by atoms with Gasteiger partial charge >= 0.3 is 11.9 Å². The van der Waals surface area contributed by atoms with Crippen LogP contribution in [0.4, 0.5) is 0 Å². The summed E-state index contributed by atoms with van der Waals surface area (Å²) in [6.07, 6.45) is 1.71. The van der Waals surface area contributed by atoms with E-state index in [9.17, 15) is 18.0 Å². The van der Waals surface area contributed by atoms with Crippen molar-refractivity contribution in [3.63, 3.8) is 0 Å². The van der Waals surface area contributed by atoms with Gasteiger partial charge in [0.05, 0.1) is 21.6 Å². The van der Waals surface area contributed by atoms with Crippen LogP contribution in [0.5, 0.6) is 5.75 Å². The number of aryl methyl sites for hydroxylation is 2. The highest BCUT2D eigenvalue weighted by molar-refractivity contribution is 7.97. The first-order chi connectivity index (χ1) is 21.4. The zero-order valence-electron chi connectivity index (χ0n) is 26.8. The molecule has 2 aliphatic carbocycles. The number of fused-ring (bicyclic) bond motifs is 1. The summed E-state index contributed by atoms with van der Waals surface area (Å²) in [5.74, 6) is 0.452. The molecule has 0 amide bonds. The first-order valence-corrected chi connectivity index (χ1v) is 18.3. The maximum atomic E-state index is 12.6. The highest BCUT2D eigenvalue weighted by Crippen LogP contribution is 2.55.